The minimum Gasteiger partial charge on any atom is -0.338 e. The van der Waals surface area contributed by atoms with Gasteiger partial charge in [-0.3, -0.25) is 4.57 Å². The van der Waals surface area contributed by atoms with Gasteiger partial charge in [0.1, 0.15) is 12.1 Å². The Hall–Kier alpha value is -2.80. The Balaban J connectivity index is 1.31. The second kappa shape index (κ2) is 9.62. The Bertz CT molecular complexity index is 791. The van der Waals surface area contributed by atoms with Crippen LogP contribution in [-0.2, 0) is 6.54 Å². The number of pyridine rings is 1. The Morgan fingerprint density at radius 1 is 1.12 bits per heavy atom. The van der Waals surface area contributed by atoms with E-state index in [1.54, 1.807) is 30.5 Å². The fourth-order valence-corrected chi connectivity index (χ4v) is 3.17. The third-order valence-corrected chi connectivity index (χ3v) is 4.75. The number of hydrogen-bond acceptors (Lipinski definition) is 4. The van der Waals surface area contributed by atoms with Crippen molar-refractivity contribution in [1.82, 2.24) is 25.2 Å². The van der Waals surface area contributed by atoms with Gasteiger partial charge in [0.05, 0.1) is 0 Å². The lowest BCUT2D eigenvalue weighted by Gasteiger charge is -2.08. The van der Waals surface area contributed by atoms with E-state index in [1.165, 1.54) is 4.90 Å². The average Bonchev–Trinajstić information content (AvgIpc) is 3.22. The van der Waals surface area contributed by atoms with Crippen LogP contribution in [0.25, 0.3) is 5.82 Å². The van der Waals surface area contributed by atoms with Gasteiger partial charge in [-0.25, -0.2) is 14.8 Å². The van der Waals surface area contributed by atoms with Crippen molar-refractivity contribution >= 4 is 17.8 Å². The molecule has 134 valence electrons. The van der Waals surface area contributed by atoms with Gasteiger partial charge in [0.25, 0.3) is 0 Å². The highest BCUT2D eigenvalue weighted by atomic mass is 32.2. The van der Waals surface area contributed by atoms with E-state index in [9.17, 15) is 4.79 Å². The van der Waals surface area contributed by atoms with E-state index in [2.05, 4.69) is 32.7 Å². The number of amides is 2. The largest absolute Gasteiger partial charge is 0.338 e. The lowest BCUT2D eigenvalue weighted by atomic mass is 10.3. The molecule has 2 aromatic heterocycles. The summed E-state index contributed by atoms with van der Waals surface area (Å²) in [5.41, 5.74) is 0.948. The summed E-state index contributed by atoms with van der Waals surface area (Å²) in [6.07, 6.45) is 7.92. The van der Waals surface area contributed by atoms with Crippen molar-refractivity contribution in [3.63, 3.8) is 0 Å². The summed E-state index contributed by atoms with van der Waals surface area (Å²) in [5, 5.41) is 5.72. The quantitative estimate of drug-likeness (QED) is 0.474. The molecule has 0 aliphatic heterocycles. The molecule has 0 saturated heterocycles. The maximum Gasteiger partial charge on any atom is 0.315 e. The highest BCUT2D eigenvalue weighted by Crippen LogP contribution is 2.17. The third kappa shape index (κ3) is 5.63. The van der Waals surface area contributed by atoms with Gasteiger partial charge in [0, 0.05) is 36.6 Å². The molecule has 26 heavy (non-hydrogen) atoms. The monoisotopic (exact) mass is 367 g/mol. The maximum atomic E-state index is 11.8. The van der Waals surface area contributed by atoms with Gasteiger partial charge < -0.3 is 10.6 Å². The van der Waals surface area contributed by atoms with Crippen LogP contribution in [0.5, 0.6) is 0 Å². The molecule has 2 amide bonds. The molecular weight excluding hydrogens is 346 g/mol. The molecule has 0 spiro atoms. The molecule has 6 nitrogen and oxygen atoms in total. The number of carbonyl (C=O) groups excluding carboxylic acids is 1. The van der Waals surface area contributed by atoms with E-state index in [0.29, 0.717) is 13.1 Å². The summed E-state index contributed by atoms with van der Waals surface area (Å²) in [6, 6.07) is 13.9. The maximum absolute atomic E-state index is 11.8. The van der Waals surface area contributed by atoms with Crippen molar-refractivity contribution in [3.05, 3.63) is 72.9 Å². The number of thioether (sulfide) groups is 1. The van der Waals surface area contributed by atoms with Crippen LogP contribution in [-0.4, -0.2) is 32.9 Å². The molecule has 1 aromatic carbocycles. The molecular formula is C19H21N5OS. The highest BCUT2D eigenvalue weighted by Gasteiger charge is 2.02. The van der Waals surface area contributed by atoms with Crippen LogP contribution in [0.3, 0.4) is 0 Å². The Morgan fingerprint density at radius 3 is 2.73 bits per heavy atom. The van der Waals surface area contributed by atoms with Gasteiger partial charge in [0.15, 0.2) is 0 Å². The molecule has 0 radical (unpaired) electrons. The van der Waals surface area contributed by atoms with Crippen molar-refractivity contribution in [3.8, 4) is 5.82 Å². The zero-order valence-electron chi connectivity index (χ0n) is 14.3. The zero-order valence-corrected chi connectivity index (χ0v) is 15.2. The third-order valence-electron chi connectivity index (χ3n) is 3.65. The molecule has 0 bridgehead atoms. The lowest BCUT2D eigenvalue weighted by Crippen LogP contribution is -2.35. The van der Waals surface area contributed by atoms with Crippen molar-refractivity contribution in [2.45, 2.75) is 17.9 Å². The first kappa shape index (κ1) is 18.0. The SMILES string of the molecule is O=C(NCCCSc1ccccc1)NCc1ccc(-n2ccnc2)nc1. The van der Waals surface area contributed by atoms with Crippen LogP contribution in [0.15, 0.2) is 72.3 Å². The minimum absolute atomic E-state index is 0.159. The average molecular weight is 367 g/mol. The standard InChI is InChI=1S/C19H21N5OS/c25-19(21-9-4-12-26-17-5-2-1-3-6-17)23-14-16-7-8-18(22-13-16)24-11-10-20-15-24/h1-3,5-8,10-11,13,15H,4,9,12,14H2,(H2,21,23,25). The summed E-state index contributed by atoms with van der Waals surface area (Å²) in [7, 11) is 0. The lowest BCUT2D eigenvalue weighted by molar-refractivity contribution is 0.240. The Morgan fingerprint density at radius 2 is 2.00 bits per heavy atom. The van der Waals surface area contributed by atoms with Crippen LogP contribution in [0.2, 0.25) is 0 Å². The van der Waals surface area contributed by atoms with E-state index in [1.807, 2.05) is 41.1 Å². The molecule has 0 aliphatic carbocycles. The van der Waals surface area contributed by atoms with Crippen molar-refractivity contribution < 1.29 is 4.79 Å². The van der Waals surface area contributed by atoms with E-state index in [0.717, 1.165) is 23.6 Å². The summed E-state index contributed by atoms with van der Waals surface area (Å²) in [4.78, 5) is 21.5. The summed E-state index contributed by atoms with van der Waals surface area (Å²) in [5.74, 6) is 1.77. The van der Waals surface area contributed by atoms with Crippen LogP contribution < -0.4 is 10.6 Å². The second-order valence-electron chi connectivity index (χ2n) is 5.62. The Labute approximate surface area is 157 Å². The van der Waals surface area contributed by atoms with Crippen LogP contribution >= 0.6 is 11.8 Å². The number of nitrogens with zero attached hydrogens (tertiary/aromatic N) is 3. The number of urea groups is 1. The number of carbonyl (C=O) groups is 1. The fraction of sp³-hybridized carbons (Fsp3) is 0.211. The van der Waals surface area contributed by atoms with Gasteiger partial charge in [-0.15, -0.1) is 11.8 Å². The van der Waals surface area contributed by atoms with Gasteiger partial charge in [-0.2, -0.15) is 0 Å². The van der Waals surface area contributed by atoms with Crippen LogP contribution in [0.4, 0.5) is 4.79 Å². The fourth-order valence-electron chi connectivity index (χ4n) is 2.29. The summed E-state index contributed by atoms with van der Waals surface area (Å²) < 4.78 is 1.83. The number of benzene rings is 1. The van der Waals surface area contributed by atoms with Crippen molar-refractivity contribution in [1.29, 1.82) is 0 Å². The topological polar surface area (TPSA) is 71.8 Å². The van der Waals surface area contributed by atoms with Crippen molar-refractivity contribution in [2.24, 2.45) is 0 Å². The van der Waals surface area contributed by atoms with Crippen LogP contribution in [0.1, 0.15) is 12.0 Å². The predicted molar refractivity (Wildman–Crippen MR) is 103 cm³/mol. The summed E-state index contributed by atoms with van der Waals surface area (Å²) >= 11 is 1.80. The van der Waals surface area contributed by atoms with E-state index >= 15 is 0 Å². The molecule has 7 heteroatoms. The number of hydrogen-bond donors (Lipinski definition) is 2. The molecule has 0 saturated carbocycles. The molecule has 2 heterocycles. The first-order valence-electron chi connectivity index (χ1n) is 8.44. The molecule has 0 aliphatic rings. The second-order valence-corrected chi connectivity index (χ2v) is 6.79. The van der Waals surface area contributed by atoms with E-state index in [-0.39, 0.29) is 6.03 Å². The smallest absolute Gasteiger partial charge is 0.315 e. The number of rotatable bonds is 8. The first-order valence-corrected chi connectivity index (χ1v) is 9.42. The molecule has 0 fully saturated rings. The first-order chi connectivity index (χ1) is 12.8. The van der Waals surface area contributed by atoms with Gasteiger partial charge in [-0.05, 0) is 35.9 Å². The minimum atomic E-state index is -0.159. The molecule has 2 N–H and O–H groups in total. The predicted octanol–water partition coefficient (Wildman–Crippen LogP) is 3.25. The van der Waals surface area contributed by atoms with Crippen molar-refractivity contribution in [2.75, 3.05) is 12.3 Å². The van der Waals surface area contributed by atoms with E-state index in [4.69, 9.17) is 0 Å². The zero-order chi connectivity index (χ0) is 18.0. The molecule has 0 atom stereocenters. The normalized spacial score (nSPS) is 10.5. The molecule has 3 rings (SSSR count). The highest BCUT2D eigenvalue weighted by molar-refractivity contribution is 7.99. The van der Waals surface area contributed by atoms with Gasteiger partial charge >= 0.3 is 6.03 Å². The summed E-state index contributed by atoms with van der Waals surface area (Å²) in [6.45, 7) is 1.10. The van der Waals surface area contributed by atoms with Gasteiger partial charge in [0.2, 0.25) is 0 Å². The number of aromatic nitrogens is 3. The van der Waals surface area contributed by atoms with E-state index < -0.39 is 0 Å². The Kier molecular flexibility index (Phi) is 6.66. The number of nitrogens with one attached hydrogen (secondary N) is 2. The molecule has 3 aromatic rings. The van der Waals surface area contributed by atoms with Crippen LogP contribution in [0, 0.1) is 0 Å². The molecule has 0 unspecified atom stereocenters. The number of imidazole rings is 1. The van der Waals surface area contributed by atoms with Gasteiger partial charge in [-0.1, -0.05) is 24.3 Å².